The van der Waals surface area contributed by atoms with Crippen molar-refractivity contribution in [2.24, 2.45) is 0 Å². The fourth-order valence-corrected chi connectivity index (χ4v) is 11.7. The maximum atomic E-state index is 5.52. The van der Waals surface area contributed by atoms with E-state index in [4.69, 9.17) is 9.97 Å². The van der Waals surface area contributed by atoms with Crippen molar-refractivity contribution < 1.29 is 0 Å². The molecule has 4 heteroatoms. The lowest BCUT2D eigenvalue weighted by atomic mass is 9.98. The van der Waals surface area contributed by atoms with Crippen LogP contribution in [0.4, 0.5) is 0 Å². The first-order valence-corrected chi connectivity index (χ1v) is 26.0. The molecule has 4 nitrogen and oxygen atoms in total. The van der Waals surface area contributed by atoms with Gasteiger partial charge in [-0.25, -0.2) is 9.97 Å². The Bertz CT molecular complexity index is 4730. The highest BCUT2D eigenvalue weighted by Gasteiger charge is 2.20. The molecule has 0 aliphatic rings. The molecule has 0 radical (unpaired) electrons. The molecule has 0 N–H and O–H groups in total. The second kappa shape index (κ2) is 17.8. The van der Waals surface area contributed by atoms with Crippen LogP contribution >= 0.6 is 0 Å². The van der Waals surface area contributed by atoms with E-state index in [1.54, 1.807) is 0 Å². The molecule has 0 aliphatic carbocycles. The van der Waals surface area contributed by atoms with Gasteiger partial charge in [0.25, 0.3) is 0 Å². The molecule has 3 heterocycles. The van der Waals surface area contributed by atoms with Crippen LogP contribution in [0.1, 0.15) is 0 Å². The summed E-state index contributed by atoms with van der Waals surface area (Å²) in [6, 6.07) is 101. The Labute approximate surface area is 439 Å². The first-order valence-electron chi connectivity index (χ1n) is 26.0. The molecule has 15 rings (SSSR count). The highest BCUT2D eigenvalue weighted by atomic mass is 15.0. The molecular formula is C72H46N4. The van der Waals surface area contributed by atoms with Crippen molar-refractivity contribution in [1.29, 1.82) is 0 Å². The van der Waals surface area contributed by atoms with E-state index in [-0.39, 0.29) is 0 Å². The van der Waals surface area contributed by atoms with Crippen molar-refractivity contribution in [3.63, 3.8) is 0 Å². The molecule has 0 atom stereocenters. The minimum absolute atomic E-state index is 0.693. The summed E-state index contributed by atoms with van der Waals surface area (Å²) in [6.07, 6.45) is 0. The normalized spacial score (nSPS) is 11.7. The van der Waals surface area contributed by atoms with Gasteiger partial charge in [-0.1, -0.05) is 194 Å². The Balaban J connectivity index is 0.919. The molecule has 12 aromatic carbocycles. The molecule has 15 aromatic rings. The maximum absolute atomic E-state index is 5.52. The van der Waals surface area contributed by atoms with E-state index in [0.717, 1.165) is 77.6 Å². The Kier molecular flexibility index (Phi) is 10.2. The highest BCUT2D eigenvalue weighted by molar-refractivity contribution is 6.15. The van der Waals surface area contributed by atoms with E-state index in [1.807, 2.05) is 0 Å². The van der Waals surface area contributed by atoms with E-state index < -0.39 is 0 Å². The summed E-state index contributed by atoms with van der Waals surface area (Å²) in [5.41, 5.74) is 20.0. The van der Waals surface area contributed by atoms with Crippen LogP contribution in [0, 0.1) is 0 Å². The molecule has 0 unspecified atom stereocenters. The van der Waals surface area contributed by atoms with Gasteiger partial charge in [0.05, 0.1) is 33.3 Å². The monoisotopic (exact) mass is 966 g/mol. The summed E-state index contributed by atoms with van der Waals surface area (Å²) in [5.74, 6) is 0.693. The summed E-state index contributed by atoms with van der Waals surface area (Å²) in [7, 11) is 0. The molecule has 0 saturated heterocycles. The highest BCUT2D eigenvalue weighted by Crippen LogP contribution is 2.42. The molecule has 0 fully saturated rings. The van der Waals surface area contributed by atoms with Gasteiger partial charge in [-0.05, 0) is 140 Å². The second-order valence-electron chi connectivity index (χ2n) is 19.7. The number of hydrogen-bond acceptors (Lipinski definition) is 2. The Morgan fingerprint density at radius 3 is 1.20 bits per heavy atom. The second-order valence-corrected chi connectivity index (χ2v) is 19.7. The molecule has 3 aromatic heterocycles. The number of fused-ring (bicyclic) bond motifs is 9. The lowest BCUT2D eigenvalue weighted by Crippen LogP contribution is -1.98. The number of para-hydroxylation sites is 1. The predicted molar refractivity (Wildman–Crippen MR) is 318 cm³/mol. The van der Waals surface area contributed by atoms with E-state index in [1.165, 1.54) is 60.4 Å². The van der Waals surface area contributed by atoms with Crippen LogP contribution < -0.4 is 0 Å². The minimum Gasteiger partial charge on any atom is -0.309 e. The molecule has 76 heavy (non-hydrogen) atoms. The maximum Gasteiger partial charge on any atom is 0.160 e. The molecule has 0 spiro atoms. The van der Waals surface area contributed by atoms with Gasteiger partial charge < -0.3 is 9.13 Å². The van der Waals surface area contributed by atoms with Crippen molar-refractivity contribution in [1.82, 2.24) is 19.1 Å². The van der Waals surface area contributed by atoms with Crippen molar-refractivity contribution in [2.75, 3.05) is 0 Å². The van der Waals surface area contributed by atoms with Crippen LogP contribution in [-0.4, -0.2) is 19.1 Å². The van der Waals surface area contributed by atoms with Crippen LogP contribution in [0.15, 0.2) is 279 Å². The van der Waals surface area contributed by atoms with Gasteiger partial charge in [-0.2, -0.15) is 0 Å². The van der Waals surface area contributed by atoms with Crippen molar-refractivity contribution in [2.45, 2.75) is 0 Å². The summed E-state index contributed by atoms with van der Waals surface area (Å²) in [4.78, 5) is 10.8. The summed E-state index contributed by atoms with van der Waals surface area (Å²) in [6.45, 7) is 0. The topological polar surface area (TPSA) is 35.6 Å². The predicted octanol–water partition coefficient (Wildman–Crippen LogP) is 19.0. The third-order valence-electron chi connectivity index (χ3n) is 15.3. The van der Waals surface area contributed by atoms with E-state index in [9.17, 15) is 0 Å². The van der Waals surface area contributed by atoms with Gasteiger partial charge in [-0.15, -0.1) is 0 Å². The summed E-state index contributed by atoms with van der Waals surface area (Å²) >= 11 is 0. The van der Waals surface area contributed by atoms with Crippen molar-refractivity contribution in [3.05, 3.63) is 279 Å². The fourth-order valence-electron chi connectivity index (χ4n) is 11.7. The lowest BCUT2D eigenvalue weighted by molar-refractivity contribution is 1.18. The molecule has 0 bridgehead atoms. The van der Waals surface area contributed by atoms with E-state index >= 15 is 0 Å². The standard InChI is InChI=1S/C72H46N4/c1-5-17-47(18-6-1)51-24-15-26-57(41-51)72-73-65-36-31-50-23-13-14-30-60(50)70(65)71(74-72)56-25-16-29-59(42-56)76-68-38-33-53(49-21-9-3-10-22-49)44-62(68)64-46-55(35-40-69(64)76)54-34-39-67-63(45-54)61-43-52(48-19-7-2-8-20-48)32-37-66(61)75(67)58-27-11-4-12-28-58/h1-46H. The Hall–Kier alpha value is -10.2. The quantitative estimate of drug-likeness (QED) is 0.142. The average molecular weight is 967 g/mol. The number of rotatable bonds is 8. The number of benzene rings is 12. The zero-order valence-corrected chi connectivity index (χ0v) is 41.3. The molecule has 0 amide bonds. The zero-order chi connectivity index (χ0) is 50.1. The third-order valence-corrected chi connectivity index (χ3v) is 15.3. The van der Waals surface area contributed by atoms with Gasteiger partial charge in [0.2, 0.25) is 0 Å². The minimum atomic E-state index is 0.693. The van der Waals surface area contributed by atoms with E-state index in [2.05, 4.69) is 288 Å². The molecule has 0 saturated carbocycles. The van der Waals surface area contributed by atoms with Gasteiger partial charge >= 0.3 is 0 Å². The van der Waals surface area contributed by atoms with Gasteiger partial charge in [0, 0.05) is 49.4 Å². The van der Waals surface area contributed by atoms with Crippen LogP contribution in [0.3, 0.4) is 0 Å². The van der Waals surface area contributed by atoms with Gasteiger partial charge in [-0.3, -0.25) is 0 Å². The lowest BCUT2D eigenvalue weighted by Gasteiger charge is -2.14. The van der Waals surface area contributed by atoms with Crippen molar-refractivity contribution in [3.8, 4) is 78.5 Å². The number of aromatic nitrogens is 4. The molecule has 0 aliphatic heterocycles. The molecule has 354 valence electrons. The molecular weight excluding hydrogens is 921 g/mol. The summed E-state index contributed by atoms with van der Waals surface area (Å²) < 4.78 is 4.83. The van der Waals surface area contributed by atoms with Crippen LogP contribution in [0.25, 0.3) is 144 Å². The van der Waals surface area contributed by atoms with Gasteiger partial charge in [0.15, 0.2) is 5.82 Å². The number of hydrogen-bond donors (Lipinski definition) is 0. The Morgan fingerprint density at radius 1 is 0.237 bits per heavy atom. The number of nitrogens with zero attached hydrogens (tertiary/aromatic N) is 4. The SMILES string of the molecule is c1ccc(-c2cccc(-c3nc(-c4cccc(-n5c6ccc(-c7ccccc7)cc6c6cc(-c7ccc8c(c7)c7cc(-c9ccccc9)ccc7n8-c7ccccc7)ccc65)c4)c4c(ccc5ccccc54)n3)c2)cc1. The first-order chi connectivity index (χ1) is 37.7. The average Bonchev–Trinajstić information content (AvgIpc) is 4.08. The van der Waals surface area contributed by atoms with Crippen LogP contribution in [0.5, 0.6) is 0 Å². The van der Waals surface area contributed by atoms with Crippen molar-refractivity contribution >= 4 is 65.3 Å². The largest absolute Gasteiger partial charge is 0.309 e. The third kappa shape index (κ3) is 7.30. The van der Waals surface area contributed by atoms with E-state index in [0.29, 0.717) is 5.82 Å². The van der Waals surface area contributed by atoms with Crippen LogP contribution in [0.2, 0.25) is 0 Å². The first kappa shape index (κ1) is 43.4. The van der Waals surface area contributed by atoms with Crippen LogP contribution in [-0.2, 0) is 0 Å². The summed E-state index contributed by atoms with van der Waals surface area (Å²) in [5, 5.41) is 8.14. The fraction of sp³-hybridized carbons (Fsp3) is 0. The van der Waals surface area contributed by atoms with Gasteiger partial charge in [0.1, 0.15) is 0 Å². The zero-order valence-electron chi connectivity index (χ0n) is 41.3. The smallest absolute Gasteiger partial charge is 0.160 e. The Morgan fingerprint density at radius 2 is 0.645 bits per heavy atom.